The van der Waals surface area contributed by atoms with E-state index in [0.717, 1.165) is 16.9 Å². The Kier molecular flexibility index (Phi) is 4.26. The third kappa shape index (κ3) is 3.61. The molecule has 0 aromatic heterocycles. The Balaban J connectivity index is 2.43. The molecular formula is C18H27NO3. The van der Waals surface area contributed by atoms with Crippen LogP contribution in [-0.4, -0.2) is 16.6 Å². The van der Waals surface area contributed by atoms with Crippen LogP contribution in [0.2, 0.25) is 0 Å². The Morgan fingerprint density at radius 3 is 2.59 bits per heavy atom. The van der Waals surface area contributed by atoms with Gasteiger partial charge in [-0.3, -0.25) is 4.79 Å². The molecule has 1 amide bonds. The summed E-state index contributed by atoms with van der Waals surface area (Å²) in [4.78, 5) is 11.5. The summed E-state index contributed by atoms with van der Waals surface area (Å²) in [6, 6.07) is 5.67. The third-order valence-corrected chi connectivity index (χ3v) is 4.00. The molecule has 4 nitrogen and oxygen atoms in total. The SMILES string of the molecule is CC(=O)NC1CC(C)(C)Oc2ccc(C(O)C(C)(C)C)cc21. The Bertz CT molecular complexity index is 572. The van der Waals surface area contributed by atoms with E-state index in [9.17, 15) is 9.90 Å². The van der Waals surface area contributed by atoms with Gasteiger partial charge in [0.15, 0.2) is 0 Å². The van der Waals surface area contributed by atoms with Crippen LogP contribution in [0.3, 0.4) is 0 Å². The molecule has 122 valence electrons. The van der Waals surface area contributed by atoms with E-state index in [0.29, 0.717) is 6.42 Å². The molecule has 2 rings (SSSR count). The first-order valence-corrected chi connectivity index (χ1v) is 7.78. The predicted octanol–water partition coefficient (Wildman–Crippen LogP) is 3.50. The molecular weight excluding hydrogens is 278 g/mol. The van der Waals surface area contributed by atoms with Crippen molar-refractivity contribution in [2.75, 3.05) is 0 Å². The van der Waals surface area contributed by atoms with Gasteiger partial charge in [0, 0.05) is 18.9 Å². The zero-order valence-electron chi connectivity index (χ0n) is 14.4. The topological polar surface area (TPSA) is 58.6 Å². The van der Waals surface area contributed by atoms with E-state index in [-0.39, 0.29) is 23.0 Å². The number of amides is 1. The number of rotatable bonds is 2. The molecule has 0 bridgehead atoms. The Morgan fingerprint density at radius 2 is 2.05 bits per heavy atom. The van der Waals surface area contributed by atoms with Crippen molar-refractivity contribution in [2.45, 2.75) is 65.7 Å². The van der Waals surface area contributed by atoms with Crippen molar-refractivity contribution in [3.63, 3.8) is 0 Å². The lowest BCUT2D eigenvalue weighted by atomic mass is 9.82. The summed E-state index contributed by atoms with van der Waals surface area (Å²) in [5.41, 5.74) is 1.22. The highest BCUT2D eigenvalue weighted by molar-refractivity contribution is 5.73. The number of hydrogen-bond acceptors (Lipinski definition) is 3. The maximum atomic E-state index is 11.5. The molecule has 0 saturated heterocycles. The second kappa shape index (κ2) is 5.58. The highest BCUT2D eigenvalue weighted by atomic mass is 16.5. The zero-order chi connectivity index (χ0) is 16.7. The fourth-order valence-corrected chi connectivity index (χ4v) is 2.92. The van der Waals surface area contributed by atoms with Crippen LogP contribution in [-0.2, 0) is 4.79 Å². The maximum Gasteiger partial charge on any atom is 0.217 e. The number of benzene rings is 1. The number of carbonyl (C=O) groups is 1. The van der Waals surface area contributed by atoms with Crippen LogP contribution in [0, 0.1) is 5.41 Å². The summed E-state index contributed by atoms with van der Waals surface area (Å²) >= 11 is 0. The van der Waals surface area contributed by atoms with Gasteiger partial charge in [0.2, 0.25) is 5.91 Å². The minimum absolute atomic E-state index is 0.0598. The van der Waals surface area contributed by atoms with E-state index in [1.165, 1.54) is 6.92 Å². The van der Waals surface area contributed by atoms with Gasteiger partial charge in [0.1, 0.15) is 11.4 Å². The van der Waals surface area contributed by atoms with Crippen LogP contribution in [0.1, 0.15) is 71.2 Å². The quantitative estimate of drug-likeness (QED) is 0.879. The molecule has 0 radical (unpaired) electrons. The molecule has 0 spiro atoms. The highest BCUT2D eigenvalue weighted by Crippen LogP contribution is 2.42. The van der Waals surface area contributed by atoms with E-state index in [4.69, 9.17) is 4.74 Å². The molecule has 2 unspecified atom stereocenters. The number of ether oxygens (including phenoxy) is 1. The van der Waals surface area contributed by atoms with E-state index < -0.39 is 6.10 Å². The van der Waals surface area contributed by atoms with Gasteiger partial charge in [-0.25, -0.2) is 0 Å². The summed E-state index contributed by atoms with van der Waals surface area (Å²) in [5.74, 6) is 0.718. The predicted molar refractivity (Wildman–Crippen MR) is 86.7 cm³/mol. The number of fused-ring (bicyclic) bond motifs is 1. The second-order valence-corrected chi connectivity index (χ2v) is 7.88. The molecule has 1 heterocycles. The maximum absolute atomic E-state index is 11.5. The van der Waals surface area contributed by atoms with Crippen molar-refractivity contribution in [3.8, 4) is 5.75 Å². The van der Waals surface area contributed by atoms with E-state index >= 15 is 0 Å². The molecule has 1 aromatic carbocycles. The lowest BCUT2D eigenvalue weighted by molar-refractivity contribution is -0.120. The number of carbonyl (C=O) groups excluding carboxylic acids is 1. The van der Waals surface area contributed by atoms with Crippen molar-refractivity contribution in [1.29, 1.82) is 0 Å². The van der Waals surface area contributed by atoms with E-state index in [1.54, 1.807) is 0 Å². The minimum Gasteiger partial charge on any atom is -0.487 e. The van der Waals surface area contributed by atoms with Crippen LogP contribution in [0.4, 0.5) is 0 Å². The molecule has 22 heavy (non-hydrogen) atoms. The summed E-state index contributed by atoms with van der Waals surface area (Å²) in [6.07, 6.45) is 0.139. The standard InChI is InChI=1S/C18H27NO3/c1-11(20)19-14-10-18(5,6)22-15-8-7-12(9-13(14)15)16(21)17(2,3)4/h7-9,14,16,21H,10H2,1-6H3,(H,19,20). The van der Waals surface area contributed by atoms with Gasteiger partial charge in [-0.1, -0.05) is 26.8 Å². The van der Waals surface area contributed by atoms with Crippen LogP contribution in [0.5, 0.6) is 5.75 Å². The van der Waals surface area contributed by atoms with Gasteiger partial charge in [0.05, 0.1) is 12.1 Å². The highest BCUT2D eigenvalue weighted by Gasteiger charge is 2.35. The zero-order valence-corrected chi connectivity index (χ0v) is 14.4. The van der Waals surface area contributed by atoms with Crippen molar-refractivity contribution in [2.24, 2.45) is 5.41 Å². The molecule has 1 aliphatic heterocycles. The van der Waals surface area contributed by atoms with Gasteiger partial charge in [-0.15, -0.1) is 0 Å². The van der Waals surface area contributed by atoms with Gasteiger partial charge in [0.25, 0.3) is 0 Å². The smallest absolute Gasteiger partial charge is 0.217 e. The largest absolute Gasteiger partial charge is 0.487 e. The first-order chi connectivity index (χ1) is 9.99. The average Bonchev–Trinajstić information content (AvgIpc) is 2.34. The lowest BCUT2D eigenvalue weighted by Gasteiger charge is -2.38. The summed E-state index contributed by atoms with van der Waals surface area (Å²) in [6.45, 7) is 11.6. The summed E-state index contributed by atoms with van der Waals surface area (Å²) in [5, 5.41) is 13.5. The van der Waals surface area contributed by atoms with Crippen molar-refractivity contribution in [3.05, 3.63) is 29.3 Å². The van der Waals surface area contributed by atoms with Gasteiger partial charge in [-0.05, 0) is 37.0 Å². The molecule has 4 heteroatoms. The van der Waals surface area contributed by atoms with Crippen molar-refractivity contribution < 1.29 is 14.6 Å². The lowest BCUT2D eigenvalue weighted by Crippen LogP contribution is -2.40. The van der Waals surface area contributed by atoms with Crippen LogP contribution in [0.25, 0.3) is 0 Å². The molecule has 2 N–H and O–H groups in total. The fraction of sp³-hybridized carbons (Fsp3) is 0.611. The van der Waals surface area contributed by atoms with Gasteiger partial charge < -0.3 is 15.2 Å². The van der Waals surface area contributed by atoms with Crippen molar-refractivity contribution in [1.82, 2.24) is 5.32 Å². The fourth-order valence-electron chi connectivity index (χ4n) is 2.92. The molecule has 1 aliphatic rings. The monoisotopic (exact) mass is 305 g/mol. The van der Waals surface area contributed by atoms with Gasteiger partial charge in [-0.2, -0.15) is 0 Å². The number of aliphatic hydroxyl groups excluding tert-OH is 1. The first-order valence-electron chi connectivity index (χ1n) is 7.78. The van der Waals surface area contributed by atoms with Crippen molar-refractivity contribution >= 4 is 5.91 Å². The third-order valence-electron chi connectivity index (χ3n) is 4.00. The number of aliphatic hydroxyl groups is 1. The average molecular weight is 305 g/mol. The molecule has 1 aromatic rings. The Labute approximate surface area is 132 Å². The second-order valence-electron chi connectivity index (χ2n) is 7.88. The molecule has 0 aliphatic carbocycles. The minimum atomic E-state index is -0.564. The number of hydrogen-bond donors (Lipinski definition) is 2. The first kappa shape index (κ1) is 16.8. The molecule has 0 saturated carbocycles. The Hall–Kier alpha value is -1.55. The molecule has 2 atom stereocenters. The normalized spacial score (nSPS) is 21.5. The van der Waals surface area contributed by atoms with Crippen LogP contribution >= 0.6 is 0 Å². The van der Waals surface area contributed by atoms with Gasteiger partial charge >= 0.3 is 0 Å². The summed E-state index contributed by atoms with van der Waals surface area (Å²) < 4.78 is 6.02. The van der Waals surface area contributed by atoms with Crippen LogP contribution < -0.4 is 10.1 Å². The summed E-state index contributed by atoms with van der Waals surface area (Å²) in [7, 11) is 0. The van der Waals surface area contributed by atoms with Crippen LogP contribution in [0.15, 0.2) is 18.2 Å². The van der Waals surface area contributed by atoms with E-state index in [2.05, 4.69) is 5.32 Å². The van der Waals surface area contributed by atoms with E-state index in [1.807, 2.05) is 52.8 Å². The molecule has 0 fully saturated rings. The Morgan fingerprint density at radius 1 is 1.41 bits per heavy atom. The number of nitrogens with one attached hydrogen (secondary N) is 1.